The average Bonchev–Trinajstić information content (AvgIpc) is 2.48. The molecule has 124 valence electrons. The highest BCUT2D eigenvalue weighted by molar-refractivity contribution is 5.93. The predicted octanol–water partition coefficient (Wildman–Crippen LogP) is 2.23. The van der Waals surface area contributed by atoms with Crippen molar-refractivity contribution in [3.05, 3.63) is 29.3 Å². The normalized spacial score (nSPS) is 11.0. The second kappa shape index (κ2) is 10.3. The van der Waals surface area contributed by atoms with Crippen molar-refractivity contribution in [2.75, 3.05) is 52.4 Å². The molecule has 0 radical (unpaired) electrons. The Balaban J connectivity index is 2.57. The number of amides is 1. The van der Waals surface area contributed by atoms with Crippen LogP contribution in [0.4, 0.5) is 5.69 Å². The number of nitrogens with zero attached hydrogens (tertiary/aromatic N) is 1. The molecule has 1 rings (SSSR count). The van der Waals surface area contributed by atoms with Gasteiger partial charge in [-0.05, 0) is 31.4 Å². The molecule has 0 aliphatic carbocycles. The van der Waals surface area contributed by atoms with Crippen LogP contribution in [-0.2, 0) is 14.3 Å². The fourth-order valence-corrected chi connectivity index (χ4v) is 2.32. The van der Waals surface area contributed by atoms with E-state index in [-0.39, 0.29) is 5.91 Å². The summed E-state index contributed by atoms with van der Waals surface area (Å²) in [6.45, 7) is 7.23. The van der Waals surface area contributed by atoms with Gasteiger partial charge in [-0.25, -0.2) is 0 Å². The Bertz CT molecular complexity index is 443. The van der Waals surface area contributed by atoms with E-state index in [0.29, 0.717) is 19.8 Å². The molecule has 0 fully saturated rings. The van der Waals surface area contributed by atoms with Gasteiger partial charge in [-0.2, -0.15) is 0 Å². The summed E-state index contributed by atoms with van der Waals surface area (Å²) in [5, 5.41) is 3.02. The average molecular weight is 308 g/mol. The number of rotatable bonds is 10. The van der Waals surface area contributed by atoms with Gasteiger partial charge in [0.05, 0.1) is 13.2 Å². The maximum atomic E-state index is 12.3. The van der Waals surface area contributed by atoms with Crippen LogP contribution >= 0.6 is 0 Å². The lowest BCUT2D eigenvalue weighted by molar-refractivity contribution is -0.117. The maximum Gasteiger partial charge on any atom is 0.238 e. The van der Waals surface area contributed by atoms with E-state index in [1.165, 1.54) is 0 Å². The molecule has 22 heavy (non-hydrogen) atoms. The molecule has 1 aromatic carbocycles. The van der Waals surface area contributed by atoms with Crippen molar-refractivity contribution in [1.82, 2.24) is 4.90 Å². The van der Waals surface area contributed by atoms with Crippen LogP contribution in [0.1, 0.15) is 17.5 Å². The second-order valence-corrected chi connectivity index (χ2v) is 5.43. The molecule has 0 aliphatic heterocycles. The quantitative estimate of drug-likeness (QED) is 0.674. The number of benzene rings is 1. The van der Waals surface area contributed by atoms with Crippen molar-refractivity contribution in [3.8, 4) is 0 Å². The molecular weight excluding hydrogens is 280 g/mol. The first-order chi connectivity index (χ1) is 10.6. The Labute approximate surface area is 133 Å². The van der Waals surface area contributed by atoms with Crippen LogP contribution in [0.3, 0.4) is 0 Å². The number of hydrogen-bond acceptors (Lipinski definition) is 4. The Morgan fingerprint density at radius 3 is 2.32 bits per heavy atom. The van der Waals surface area contributed by atoms with Crippen LogP contribution in [0.15, 0.2) is 18.2 Å². The molecule has 0 atom stereocenters. The Morgan fingerprint density at radius 1 is 1.09 bits per heavy atom. The second-order valence-electron chi connectivity index (χ2n) is 5.43. The fraction of sp³-hybridized carbons (Fsp3) is 0.588. The molecule has 0 aliphatic rings. The third-order valence-corrected chi connectivity index (χ3v) is 3.55. The number of methoxy groups -OCH3 is 2. The molecule has 0 heterocycles. The van der Waals surface area contributed by atoms with E-state index in [9.17, 15) is 4.79 Å². The minimum absolute atomic E-state index is 0.00548. The van der Waals surface area contributed by atoms with Gasteiger partial charge in [-0.15, -0.1) is 0 Å². The van der Waals surface area contributed by atoms with E-state index < -0.39 is 0 Å². The third kappa shape index (κ3) is 6.56. The lowest BCUT2D eigenvalue weighted by atomic mass is 10.1. The number of hydrogen-bond donors (Lipinski definition) is 1. The van der Waals surface area contributed by atoms with Crippen LogP contribution in [0, 0.1) is 13.8 Å². The van der Waals surface area contributed by atoms with Gasteiger partial charge in [-0.3, -0.25) is 9.69 Å². The monoisotopic (exact) mass is 308 g/mol. The molecule has 1 amide bonds. The molecular formula is C17H28N2O3. The van der Waals surface area contributed by atoms with Crippen LogP contribution in [0.5, 0.6) is 0 Å². The number of nitrogens with one attached hydrogen (secondary N) is 1. The Kier molecular flexibility index (Phi) is 8.74. The Morgan fingerprint density at radius 2 is 1.73 bits per heavy atom. The van der Waals surface area contributed by atoms with E-state index in [4.69, 9.17) is 9.47 Å². The number of carbonyl (C=O) groups is 1. The molecule has 5 heteroatoms. The summed E-state index contributed by atoms with van der Waals surface area (Å²) in [7, 11) is 3.36. The summed E-state index contributed by atoms with van der Waals surface area (Å²) in [6, 6.07) is 6.00. The van der Waals surface area contributed by atoms with Crippen molar-refractivity contribution in [2.45, 2.75) is 20.3 Å². The van der Waals surface area contributed by atoms with Crippen LogP contribution in [-0.4, -0.2) is 57.9 Å². The molecule has 5 nitrogen and oxygen atoms in total. The number of aryl methyl sites for hydroxylation is 2. The van der Waals surface area contributed by atoms with Gasteiger partial charge in [0.25, 0.3) is 0 Å². The van der Waals surface area contributed by atoms with Gasteiger partial charge in [-0.1, -0.05) is 18.2 Å². The molecule has 0 saturated heterocycles. The van der Waals surface area contributed by atoms with E-state index in [1.54, 1.807) is 14.2 Å². The highest BCUT2D eigenvalue weighted by Gasteiger charge is 2.12. The number of ether oxygens (including phenoxy) is 2. The van der Waals surface area contributed by atoms with Gasteiger partial charge < -0.3 is 14.8 Å². The zero-order valence-electron chi connectivity index (χ0n) is 14.1. The van der Waals surface area contributed by atoms with E-state index in [0.717, 1.165) is 36.3 Å². The predicted molar refractivity (Wildman–Crippen MR) is 89.4 cm³/mol. The van der Waals surface area contributed by atoms with Crippen molar-refractivity contribution in [1.29, 1.82) is 0 Å². The van der Waals surface area contributed by atoms with Gasteiger partial charge >= 0.3 is 0 Å². The SMILES string of the molecule is COCCCN(CCOC)CC(=O)Nc1c(C)cccc1C. The molecule has 0 bridgehead atoms. The molecule has 0 spiro atoms. The standard InChI is InChI=1S/C17H28N2O3/c1-14-7-5-8-15(2)17(14)18-16(20)13-19(10-12-22-4)9-6-11-21-3/h5,7-8H,6,9-13H2,1-4H3,(H,18,20). The van der Waals surface area contributed by atoms with Crippen molar-refractivity contribution >= 4 is 11.6 Å². The lowest BCUT2D eigenvalue weighted by Crippen LogP contribution is -2.36. The third-order valence-electron chi connectivity index (χ3n) is 3.55. The summed E-state index contributed by atoms with van der Waals surface area (Å²) in [5.74, 6) is 0.00548. The zero-order chi connectivity index (χ0) is 16.4. The smallest absolute Gasteiger partial charge is 0.238 e. The first kappa shape index (κ1) is 18.6. The summed E-state index contributed by atoms with van der Waals surface area (Å²) in [5.41, 5.74) is 3.07. The largest absolute Gasteiger partial charge is 0.385 e. The fourth-order valence-electron chi connectivity index (χ4n) is 2.32. The number of carbonyl (C=O) groups excluding carboxylic acids is 1. The first-order valence-electron chi connectivity index (χ1n) is 7.64. The lowest BCUT2D eigenvalue weighted by Gasteiger charge is -2.22. The minimum atomic E-state index is 0.00548. The van der Waals surface area contributed by atoms with E-state index in [1.807, 2.05) is 32.0 Å². The number of anilines is 1. The summed E-state index contributed by atoms with van der Waals surface area (Å²) in [6.07, 6.45) is 0.900. The van der Waals surface area contributed by atoms with Crippen molar-refractivity contribution in [2.24, 2.45) is 0 Å². The summed E-state index contributed by atoms with van der Waals surface area (Å²) < 4.78 is 10.2. The maximum absolute atomic E-state index is 12.3. The highest BCUT2D eigenvalue weighted by atomic mass is 16.5. The van der Waals surface area contributed by atoms with E-state index >= 15 is 0 Å². The van der Waals surface area contributed by atoms with Gasteiger partial charge in [0.2, 0.25) is 5.91 Å². The molecule has 0 saturated carbocycles. The first-order valence-corrected chi connectivity index (χ1v) is 7.64. The highest BCUT2D eigenvalue weighted by Crippen LogP contribution is 2.19. The zero-order valence-corrected chi connectivity index (χ0v) is 14.1. The van der Waals surface area contributed by atoms with Crippen LogP contribution in [0.2, 0.25) is 0 Å². The van der Waals surface area contributed by atoms with Crippen molar-refractivity contribution in [3.63, 3.8) is 0 Å². The Hall–Kier alpha value is -1.43. The molecule has 1 aromatic rings. The molecule has 1 N–H and O–H groups in total. The summed E-state index contributed by atoms with van der Waals surface area (Å²) in [4.78, 5) is 14.4. The van der Waals surface area contributed by atoms with Crippen LogP contribution in [0.25, 0.3) is 0 Å². The van der Waals surface area contributed by atoms with Gasteiger partial charge in [0.15, 0.2) is 0 Å². The molecule has 0 unspecified atom stereocenters. The minimum Gasteiger partial charge on any atom is -0.385 e. The van der Waals surface area contributed by atoms with Gasteiger partial charge in [0.1, 0.15) is 0 Å². The topological polar surface area (TPSA) is 50.8 Å². The van der Waals surface area contributed by atoms with Gasteiger partial charge in [0, 0.05) is 39.6 Å². The van der Waals surface area contributed by atoms with Crippen molar-refractivity contribution < 1.29 is 14.3 Å². The van der Waals surface area contributed by atoms with E-state index in [2.05, 4.69) is 10.2 Å². The summed E-state index contributed by atoms with van der Waals surface area (Å²) >= 11 is 0. The number of para-hydroxylation sites is 1. The van der Waals surface area contributed by atoms with Crippen LogP contribution < -0.4 is 5.32 Å². The molecule has 0 aromatic heterocycles.